The normalized spacial score (nSPS) is 10.7. The van der Waals surface area contributed by atoms with Gasteiger partial charge in [-0.05, 0) is 24.7 Å². The van der Waals surface area contributed by atoms with Gasteiger partial charge in [-0.2, -0.15) is 0 Å². The second kappa shape index (κ2) is 8.21. The highest BCUT2D eigenvalue weighted by atomic mass is 32.1. The van der Waals surface area contributed by atoms with E-state index < -0.39 is 5.97 Å². The largest absolute Gasteiger partial charge is 0.483 e. The van der Waals surface area contributed by atoms with Crippen LogP contribution in [0.15, 0.2) is 49.1 Å². The molecule has 0 radical (unpaired) electrons. The highest BCUT2D eigenvalue weighted by molar-refractivity contribution is 7.81. The summed E-state index contributed by atoms with van der Waals surface area (Å²) < 4.78 is 10.2. The fourth-order valence-corrected chi connectivity index (χ4v) is 1.68. The van der Waals surface area contributed by atoms with Crippen molar-refractivity contribution < 1.29 is 14.3 Å². The topological polar surface area (TPSA) is 35.5 Å². The van der Waals surface area contributed by atoms with Crippen molar-refractivity contribution in [1.29, 1.82) is 0 Å². The molecule has 0 atom stereocenters. The molecule has 0 amide bonds. The van der Waals surface area contributed by atoms with Gasteiger partial charge in [0.2, 0.25) is 0 Å². The monoisotopic (exact) mass is 276 g/mol. The molecule has 3 nitrogen and oxygen atoms in total. The van der Waals surface area contributed by atoms with Crippen LogP contribution in [0.5, 0.6) is 0 Å². The predicted octanol–water partition coefficient (Wildman–Crippen LogP) is 3.16. The minimum atomic E-state index is -0.471. The van der Waals surface area contributed by atoms with Gasteiger partial charge in [-0.25, -0.2) is 4.79 Å². The SMILES string of the molecule is C=CCOC(=O)/C=C(\C(=S)OCC)c1ccccc1. The van der Waals surface area contributed by atoms with Crippen molar-refractivity contribution in [2.24, 2.45) is 0 Å². The zero-order chi connectivity index (χ0) is 14.1. The van der Waals surface area contributed by atoms with E-state index >= 15 is 0 Å². The van der Waals surface area contributed by atoms with Crippen LogP contribution in [0.2, 0.25) is 0 Å². The molecular formula is C15H16O3S. The van der Waals surface area contributed by atoms with Gasteiger partial charge in [0, 0.05) is 11.6 Å². The first-order valence-corrected chi connectivity index (χ1v) is 6.31. The first kappa shape index (κ1) is 15.1. The summed E-state index contributed by atoms with van der Waals surface area (Å²) in [5.41, 5.74) is 1.36. The third kappa shape index (κ3) is 5.06. The summed E-state index contributed by atoms with van der Waals surface area (Å²) in [5, 5.41) is 0.282. The summed E-state index contributed by atoms with van der Waals surface area (Å²) in [5.74, 6) is -0.471. The molecule has 0 saturated heterocycles. The van der Waals surface area contributed by atoms with Crippen LogP contribution in [0.25, 0.3) is 5.57 Å². The third-order valence-corrected chi connectivity index (χ3v) is 2.52. The van der Waals surface area contributed by atoms with E-state index in [1.165, 1.54) is 12.2 Å². The van der Waals surface area contributed by atoms with Gasteiger partial charge in [-0.1, -0.05) is 43.0 Å². The zero-order valence-corrected chi connectivity index (χ0v) is 11.6. The lowest BCUT2D eigenvalue weighted by molar-refractivity contribution is -0.136. The standard InChI is InChI=1S/C15H16O3S/c1-3-10-18-14(16)11-13(15(19)17-4-2)12-8-6-5-7-9-12/h3,5-9,11H,1,4,10H2,2H3/b13-11-. The Kier molecular flexibility index (Phi) is 6.53. The van der Waals surface area contributed by atoms with Crippen molar-refractivity contribution in [1.82, 2.24) is 0 Å². The highest BCUT2D eigenvalue weighted by Crippen LogP contribution is 2.17. The average molecular weight is 276 g/mol. The summed E-state index contributed by atoms with van der Waals surface area (Å²) in [6.07, 6.45) is 2.85. The number of hydrogen-bond acceptors (Lipinski definition) is 4. The molecule has 0 unspecified atom stereocenters. The Hall–Kier alpha value is -1.94. The molecule has 0 aliphatic carbocycles. The van der Waals surface area contributed by atoms with Crippen LogP contribution in [-0.4, -0.2) is 24.2 Å². The summed E-state index contributed by atoms with van der Waals surface area (Å²) in [7, 11) is 0. The molecule has 0 saturated carbocycles. The number of thiocarbonyl (C=S) groups is 1. The molecule has 1 aromatic rings. The van der Waals surface area contributed by atoms with Crippen LogP contribution in [-0.2, 0) is 14.3 Å². The molecule has 100 valence electrons. The first-order valence-electron chi connectivity index (χ1n) is 5.91. The number of ether oxygens (including phenoxy) is 2. The minimum Gasteiger partial charge on any atom is -0.483 e. The van der Waals surface area contributed by atoms with Gasteiger partial charge in [-0.15, -0.1) is 0 Å². The van der Waals surface area contributed by atoms with Crippen LogP contribution in [0.1, 0.15) is 12.5 Å². The van der Waals surface area contributed by atoms with Gasteiger partial charge in [0.1, 0.15) is 6.61 Å². The molecule has 0 bridgehead atoms. The Labute approximate surface area is 118 Å². The molecule has 0 aliphatic rings. The molecule has 0 fully saturated rings. The predicted molar refractivity (Wildman–Crippen MR) is 79.8 cm³/mol. The van der Waals surface area contributed by atoms with Crippen molar-refractivity contribution in [3.05, 3.63) is 54.6 Å². The van der Waals surface area contributed by atoms with Crippen LogP contribution in [0.3, 0.4) is 0 Å². The summed E-state index contributed by atoms with van der Waals surface area (Å²) in [6.45, 7) is 5.94. The van der Waals surface area contributed by atoms with Gasteiger partial charge in [0.15, 0.2) is 5.05 Å². The number of esters is 1. The van der Waals surface area contributed by atoms with Gasteiger partial charge >= 0.3 is 5.97 Å². The van der Waals surface area contributed by atoms with Crippen LogP contribution >= 0.6 is 12.2 Å². The smallest absolute Gasteiger partial charge is 0.331 e. The first-order chi connectivity index (χ1) is 9.19. The van der Waals surface area contributed by atoms with E-state index in [1.807, 2.05) is 37.3 Å². The molecule has 0 aliphatic heterocycles. The van der Waals surface area contributed by atoms with Crippen molar-refractivity contribution >= 4 is 28.8 Å². The molecule has 1 aromatic carbocycles. The van der Waals surface area contributed by atoms with Crippen molar-refractivity contribution in [3.8, 4) is 0 Å². The quantitative estimate of drug-likeness (QED) is 0.346. The van der Waals surface area contributed by atoms with Gasteiger partial charge in [0.25, 0.3) is 0 Å². The van der Waals surface area contributed by atoms with Gasteiger partial charge in [0.05, 0.1) is 6.61 Å². The molecule has 0 heterocycles. The van der Waals surface area contributed by atoms with E-state index in [1.54, 1.807) is 0 Å². The average Bonchev–Trinajstić information content (AvgIpc) is 2.43. The number of carbonyl (C=O) groups excluding carboxylic acids is 1. The van der Waals surface area contributed by atoms with Crippen molar-refractivity contribution in [2.45, 2.75) is 6.92 Å². The van der Waals surface area contributed by atoms with Crippen LogP contribution in [0.4, 0.5) is 0 Å². The summed E-state index contributed by atoms with van der Waals surface area (Å²) in [6, 6.07) is 9.34. The molecule has 0 N–H and O–H groups in total. The Morgan fingerprint density at radius 2 is 2.00 bits per heavy atom. The highest BCUT2D eigenvalue weighted by Gasteiger charge is 2.11. The maximum Gasteiger partial charge on any atom is 0.331 e. The summed E-state index contributed by atoms with van der Waals surface area (Å²) >= 11 is 5.17. The van der Waals surface area contributed by atoms with E-state index in [0.717, 1.165) is 5.56 Å². The van der Waals surface area contributed by atoms with E-state index in [9.17, 15) is 4.79 Å². The summed E-state index contributed by atoms with van der Waals surface area (Å²) in [4.78, 5) is 11.6. The Morgan fingerprint density at radius 3 is 2.58 bits per heavy atom. The molecule has 19 heavy (non-hydrogen) atoms. The van der Waals surface area contributed by atoms with Gasteiger partial charge in [-0.3, -0.25) is 0 Å². The Morgan fingerprint density at radius 1 is 1.32 bits per heavy atom. The molecular weight excluding hydrogens is 260 g/mol. The number of carbonyl (C=O) groups is 1. The number of benzene rings is 1. The van der Waals surface area contributed by atoms with Crippen LogP contribution < -0.4 is 0 Å². The lowest BCUT2D eigenvalue weighted by atomic mass is 10.1. The molecule has 4 heteroatoms. The van der Waals surface area contributed by atoms with Crippen molar-refractivity contribution in [2.75, 3.05) is 13.2 Å². The maximum absolute atomic E-state index is 11.6. The number of rotatable bonds is 6. The van der Waals surface area contributed by atoms with Gasteiger partial charge < -0.3 is 9.47 Å². The molecule has 0 spiro atoms. The zero-order valence-electron chi connectivity index (χ0n) is 10.8. The Balaban J connectivity index is 2.99. The molecule has 0 aromatic heterocycles. The minimum absolute atomic E-state index is 0.165. The van der Waals surface area contributed by atoms with E-state index in [0.29, 0.717) is 12.2 Å². The van der Waals surface area contributed by atoms with E-state index in [2.05, 4.69) is 6.58 Å². The van der Waals surface area contributed by atoms with Crippen molar-refractivity contribution in [3.63, 3.8) is 0 Å². The number of hydrogen-bond donors (Lipinski definition) is 0. The Bertz CT molecular complexity index is 477. The van der Waals surface area contributed by atoms with Crippen LogP contribution in [0, 0.1) is 0 Å². The second-order valence-corrected chi connectivity index (χ2v) is 3.93. The lowest BCUT2D eigenvalue weighted by Crippen LogP contribution is -2.08. The van der Waals surface area contributed by atoms with E-state index in [-0.39, 0.29) is 11.7 Å². The second-order valence-electron chi connectivity index (χ2n) is 3.56. The van der Waals surface area contributed by atoms with E-state index in [4.69, 9.17) is 21.7 Å². The maximum atomic E-state index is 11.6. The molecule has 1 rings (SSSR count). The lowest BCUT2D eigenvalue weighted by Gasteiger charge is -2.09. The fourth-order valence-electron chi connectivity index (χ4n) is 1.39. The third-order valence-electron chi connectivity index (χ3n) is 2.19. The fraction of sp³-hybridized carbons (Fsp3) is 0.200.